The summed E-state index contributed by atoms with van der Waals surface area (Å²) in [6.45, 7) is 0. The number of aromatic carboxylic acids is 1. The Morgan fingerprint density at radius 2 is 2.27 bits per heavy atom. The highest BCUT2D eigenvalue weighted by Gasteiger charge is 2.25. The molecular formula is C10H11NO4. The van der Waals surface area contributed by atoms with Crippen LogP contribution in [-0.4, -0.2) is 29.3 Å². The number of carbonyl (C=O) groups is 1. The smallest absolute Gasteiger partial charge is 0.354 e. The summed E-state index contributed by atoms with van der Waals surface area (Å²) in [6.07, 6.45) is 3.58. The highest BCUT2D eigenvalue weighted by atomic mass is 16.5. The number of pyridine rings is 1. The van der Waals surface area contributed by atoms with Crippen molar-refractivity contribution in [2.45, 2.75) is 18.9 Å². The van der Waals surface area contributed by atoms with Crippen LogP contribution in [0.1, 0.15) is 23.3 Å². The summed E-state index contributed by atoms with van der Waals surface area (Å²) in [6, 6.07) is 1.39. The van der Waals surface area contributed by atoms with Gasteiger partial charge >= 0.3 is 5.97 Å². The maximum atomic E-state index is 10.7. The van der Waals surface area contributed by atoms with Crippen LogP contribution < -0.4 is 9.47 Å². The number of aromatic nitrogens is 1. The van der Waals surface area contributed by atoms with Crippen molar-refractivity contribution in [1.29, 1.82) is 0 Å². The molecule has 1 aromatic rings. The Bertz CT molecular complexity index is 387. The first-order chi connectivity index (χ1) is 7.20. The van der Waals surface area contributed by atoms with Crippen LogP contribution in [0.5, 0.6) is 11.5 Å². The molecule has 0 aromatic carbocycles. The van der Waals surface area contributed by atoms with Crippen LogP contribution in [-0.2, 0) is 0 Å². The predicted molar refractivity (Wildman–Crippen MR) is 51.4 cm³/mol. The molecule has 0 amide bonds. The van der Waals surface area contributed by atoms with Gasteiger partial charge in [-0.2, -0.15) is 0 Å². The average molecular weight is 209 g/mol. The number of methoxy groups -OCH3 is 1. The van der Waals surface area contributed by atoms with Crippen molar-refractivity contribution in [2.75, 3.05) is 7.11 Å². The van der Waals surface area contributed by atoms with Crippen LogP contribution >= 0.6 is 0 Å². The summed E-state index contributed by atoms with van der Waals surface area (Å²) in [5, 5.41) is 8.76. The normalized spacial score (nSPS) is 14.7. The summed E-state index contributed by atoms with van der Waals surface area (Å²) in [4.78, 5) is 14.4. The molecule has 0 spiro atoms. The predicted octanol–water partition coefficient (Wildman–Crippen LogP) is 1.33. The molecule has 1 aliphatic rings. The molecule has 0 unspecified atom stereocenters. The molecule has 2 rings (SSSR count). The first kappa shape index (κ1) is 9.76. The molecule has 80 valence electrons. The lowest BCUT2D eigenvalue weighted by molar-refractivity contribution is 0.0689. The Hall–Kier alpha value is -1.78. The van der Waals surface area contributed by atoms with E-state index >= 15 is 0 Å². The van der Waals surface area contributed by atoms with E-state index in [0.29, 0.717) is 11.5 Å². The third kappa shape index (κ3) is 2.18. The zero-order valence-electron chi connectivity index (χ0n) is 8.27. The van der Waals surface area contributed by atoms with Gasteiger partial charge in [0, 0.05) is 6.07 Å². The van der Waals surface area contributed by atoms with Gasteiger partial charge in [-0.05, 0) is 12.8 Å². The van der Waals surface area contributed by atoms with Crippen LogP contribution in [0.2, 0.25) is 0 Å². The van der Waals surface area contributed by atoms with E-state index in [1.165, 1.54) is 19.4 Å². The van der Waals surface area contributed by atoms with Gasteiger partial charge in [-0.3, -0.25) is 0 Å². The van der Waals surface area contributed by atoms with Gasteiger partial charge in [-0.15, -0.1) is 0 Å². The van der Waals surface area contributed by atoms with E-state index in [9.17, 15) is 4.79 Å². The molecule has 0 atom stereocenters. The fraction of sp³-hybridized carbons (Fsp3) is 0.400. The van der Waals surface area contributed by atoms with Gasteiger partial charge in [0.05, 0.1) is 19.4 Å². The molecule has 5 nitrogen and oxygen atoms in total. The Labute approximate surface area is 86.7 Å². The fourth-order valence-corrected chi connectivity index (χ4v) is 1.15. The van der Waals surface area contributed by atoms with E-state index in [4.69, 9.17) is 14.6 Å². The molecule has 1 aliphatic carbocycles. The zero-order valence-corrected chi connectivity index (χ0v) is 8.27. The van der Waals surface area contributed by atoms with Crippen LogP contribution in [0.25, 0.3) is 0 Å². The van der Waals surface area contributed by atoms with Gasteiger partial charge in [-0.1, -0.05) is 0 Å². The lowest BCUT2D eigenvalue weighted by Crippen LogP contribution is -2.04. The molecule has 0 bridgehead atoms. The lowest BCUT2D eigenvalue weighted by Gasteiger charge is -2.09. The molecule has 0 aliphatic heterocycles. The minimum Gasteiger partial charge on any atom is -0.491 e. The van der Waals surface area contributed by atoms with E-state index in [1.807, 2.05) is 0 Å². The van der Waals surface area contributed by atoms with Crippen LogP contribution in [0, 0.1) is 0 Å². The Balaban J connectivity index is 2.28. The molecule has 1 fully saturated rings. The number of hydrogen-bond donors (Lipinski definition) is 1. The first-order valence-electron chi connectivity index (χ1n) is 4.64. The molecule has 15 heavy (non-hydrogen) atoms. The van der Waals surface area contributed by atoms with E-state index < -0.39 is 5.97 Å². The molecular weight excluding hydrogens is 198 g/mol. The molecule has 1 saturated carbocycles. The second-order valence-corrected chi connectivity index (χ2v) is 3.34. The fourth-order valence-electron chi connectivity index (χ4n) is 1.15. The number of rotatable bonds is 4. The standard InChI is InChI=1S/C10H11NO4/c1-14-9-5-11-7(10(12)13)4-8(9)15-6-2-3-6/h4-6H,2-3H2,1H3,(H,12,13). The van der Waals surface area contributed by atoms with Gasteiger partial charge in [0.15, 0.2) is 17.2 Å². The van der Waals surface area contributed by atoms with E-state index in [2.05, 4.69) is 4.98 Å². The van der Waals surface area contributed by atoms with Crippen molar-refractivity contribution >= 4 is 5.97 Å². The first-order valence-corrected chi connectivity index (χ1v) is 4.64. The molecule has 1 heterocycles. The molecule has 1 aromatic heterocycles. The van der Waals surface area contributed by atoms with Crippen molar-refractivity contribution in [3.8, 4) is 11.5 Å². The molecule has 5 heteroatoms. The highest BCUT2D eigenvalue weighted by molar-refractivity contribution is 5.86. The maximum absolute atomic E-state index is 10.7. The van der Waals surface area contributed by atoms with Crippen molar-refractivity contribution in [1.82, 2.24) is 4.98 Å². The molecule has 0 saturated heterocycles. The number of nitrogens with zero attached hydrogens (tertiary/aromatic N) is 1. The van der Waals surface area contributed by atoms with Crippen molar-refractivity contribution in [3.05, 3.63) is 18.0 Å². The minimum absolute atomic E-state index is 0.0357. The second kappa shape index (κ2) is 3.76. The minimum atomic E-state index is -1.07. The Morgan fingerprint density at radius 1 is 1.53 bits per heavy atom. The number of ether oxygens (including phenoxy) is 2. The molecule has 1 N–H and O–H groups in total. The molecule has 0 radical (unpaired) electrons. The number of hydrogen-bond acceptors (Lipinski definition) is 4. The number of carboxylic acid groups (broad SMARTS) is 1. The summed E-state index contributed by atoms with van der Waals surface area (Å²) in [5.41, 5.74) is -0.0357. The summed E-state index contributed by atoms with van der Waals surface area (Å²) in [5.74, 6) is -0.155. The Morgan fingerprint density at radius 3 is 2.80 bits per heavy atom. The van der Waals surface area contributed by atoms with Crippen LogP contribution in [0.15, 0.2) is 12.3 Å². The maximum Gasteiger partial charge on any atom is 0.354 e. The van der Waals surface area contributed by atoms with Crippen LogP contribution in [0.3, 0.4) is 0 Å². The van der Waals surface area contributed by atoms with Crippen molar-refractivity contribution in [3.63, 3.8) is 0 Å². The van der Waals surface area contributed by atoms with E-state index in [1.54, 1.807) is 0 Å². The van der Waals surface area contributed by atoms with Gasteiger partial charge < -0.3 is 14.6 Å². The van der Waals surface area contributed by atoms with E-state index in [0.717, 1.165) is 12.8 Å². The highest BCUT2D eigenvalue weighted by Crippen LogP contribution is 2.33. The zero-order chi connectivity index (χ0) is 10.8. The quantitative estimate of drug-likeness (QED) is 0.810. The average Bonchev–Trinajstić information content (AvgIpc) is 3.01. The third-order valence-corrected chi connectivity index (χ3v) is 2.09. The van der Waals surface area contributed by atoms with Gasteiger partial charge in [0.1, 0.15) is 0 Å². The SMILES string of the molecule is COc1cnc(C(=O)O)cc1OC1CC1. The second-order valence-electron chi connectivity index (χ2n) is 3.34. The summed E-state index contributed by atoms with van der Waals surface area (Å²) < 4.78 is 10.5. The van der Waals surface area contributed by atoms with Gasteiger partial charge in [0.2, 0.25) is 0 Å². The summed E-state index contributed by atoms with van der Waals surface area (Å²) in [7, 11) is 1.50. The van der Waals surface area contributed by atoms with Gasteiger partial charge in [-0.25, -0.2) is 9.78 Å². The summed E-state index contributed by atoms with van der Waals surface area (Å²) >= 11 is 0. The lowest BCUT2D eigenvalue weighted by atomic mass is 10.3. The van der Waals surface area contributed by atoms with Crippen molar-refractivity contribution < 1.29 is 19.4 Å². The topological polar surface area (TPSA) is 68.7 Å². The Kier molecular flexibility index (Phi) is 2.45. The largest absolute Gasteiger partial charge is 0.491 e. The van der Waals surface area contributed by atoms with E-state index in [-0.39, 0.29) is 11.8 Å². The van der Waals surface area contributed by atoms with Gasteiger partial charge in [0.25, 0.3) is 0 Å². The van der Waals surface area contributed by atoms with Crippen molar-refractivity contribution in [2.24, 2.45) is 0 Å². The monoisotopic (exact) mass is 209 g/mol. The van der Waals surface area contributed by atoms with Crippen LogP contribution in [0.4, 0.5) is 0 Å². The number of carboxylic acids is 1. The third-order valence-electron chi connectivity index (χ3n) is 2.09.